The van der Waals surface area contributed by atoms with Crippen molar-refractivity contribution in [2.24, 2.45) is 0 Å². The fourth-order valence-electron chi connectivity index (χ4n) is 4.69. The molecule has 1 saturated carbocycles. The molecule has 3 heterocycles. The van der Waals surface area contributed by atoms with Crippen LogP contribution in [0.15, 0.2) is 36.5 Å². The number of nitrogens with zero attached hydrogens (tertiary/aromatic N) is 3. The lowest BCUT2D eigenvalue weighted by Crippen LogP contribution is -2.48. The van der Waals surface area contributed by atoms with E-state index in [-0.39, 0.29) is 12.6 Å². The minimum Gasteiger partial charge on any atom is -0.493 e. The van der Waals surface area contributed by atoms with Gasteiger partial charge in [-0.2, -0.15) is 5.10 Å². The van der Waals surface area contributed by atoms with Gasteiger partial charge in [-0.15, -0.1) is 0 Å². The lowest BCUT2D eigenvalue weighted by atomic mass is 9.84. The quantitative estimate of drug-likeness (QED) is 0.753. The summed E-state index contributed by atoms with van der Waals surface area (Å²) in [4.78, 5) is 39.6. The average molecular weight is 409 g/mol. The van der Waals surface area contributed by atoms with Crippen LogP contribution in [0.3, 0.4) is 0 Å². The fourth-order valence-corrected chi connectivity index (χ4v) is 4.69. The molecule has 1 aliphatic carbocycles. The summed E-state index contributed by atoms with van der Waals surface area (Å²) < 4.78 is 7.46. The third kappa shape index (κ3) is 2.92. The Morgan fingerprint density at radius 2 is 2.03 bits per heavy atom. The molecule has 0 bridgehead atoms. The van der Waals surface area contributed by atoms with Crippen molar-refractivity contribution in [1.29, 1.82) is 0 Å². The number of amides is 4. The fraction of sp³-hybridized carbons (Fsp3) is 0.429. The van der Waals surface area contributed by atoms with Crippen molar-refractivity contribution in [1.82, 2.24) is 20.0 Å². The van der Waals surface area contributed by atoms with Gasteiger partial charge in [-0.05, 0) is 18.9 Å². The van der Waals surface area contributed by atoms with Crippen molar-refractivity contribution in [2.75, 3.05) is 18.5 Å². The summed E-state index contributed by atoms with van der Waals surface area (Å²) in [5.41, 5.74) is -0.561. The van der Waals surface area contributed by atoms with E-state index in [4.69, 9.17) is 4.74 Å². The molecule has 1 atom stereocenters. The highest BCUT2D eigenvalue weighted by Gasteiger charge is 2.55. The van der Waals surface area contributed by atoms with Crippen molar-refractivity contribution >= 4 is 23.7 Å². The van der Waals surface area contributed by atoms with Crippen LogP contribution in [0.5, 0.6) is 5.75 Å². The van der Waals surface area contributed by atoms with Gasteiger partial charge < -0.3 is 15.4 Å². The minimum absolute atomic E-state index is 0.272. The van der Waals surface area contributed by atoms with Gasteiger partial charge in [0.25, 0.3) is 5.91 Å². The van der Waals surface area contributed by atoms with Crippen LogP contribution in [-0.2, 0) is 15.1 Å². The second-order valence-corrected chi connectivity index (χ2v) is 7.97. The molecule has 1 spiro atoms. The Kier molecular flexibility index (Phi) is 4.45. The molecule has 0 radical (unpaired) electrons. The van der Waals surface area contributed by atoms with E-state index in [1.807, 2.05) is 10.7 Å². The molecule has 30 heavy (non-hydrogen) atoms. The zero-order valence-corrected chi connectivity index (χ0v) is 16.5. The van der Waals surface area contributed by atoms with Gasteiger partial charge in [-0.3, -0.25) is 14.5 Å². The molecule has 3 aliphatic rings. The predicted octanol–water partition coefficient (Wildman–Crippen LogP) is 2.17. The molecule has 4 amide bonds. The number of hydrogen-bond acceptors (Lipinski definition) is 5. The standard InChI is InChI=1S/C21H23N5O4/c27-18(23-17-9-11-22-26(17)14-5-1-2-6-14)13-25-19(28)21(24-20(25)29)10-12-30-16-8-4-3-7-15(16)21/h3-4,7-9,11,14H,1-2,5-6,10,12-13H2,(H,23,27)(H,24,29)/t21-/m1/s1. The first-order chi connectivity index (χ1) is 14.6. The number of carbonyl (C=O) groups is 3. The second kappa shape index (κ2) is 7.16. The normalized spacial score (nSPS) is 23.4. The molecule has 156 valence electrons. The number of urea groups is 1. The molecular formula is C21H23N5O4. The maximum atomic E-state index is 13.3. The van der Waals surface area contributed by atoms with Crippen molar-refractivity contribution in [3.63, 3.8) is 0 Å². The van der Waals surface area contributed by atoms with Gasteiger partial charge in [0.15, 0.2) is 5.54 Å². The Bertz CT molecular complexity index is 1010. The first-order valence-electron chi connectivity index (χ1n) is 10.3. The molecule has 9 nitrogen and oxygen atoms in total. The molecule has 1 aromatic carbocycles. The number of fused-ring (bicyclic) bond motifs is 2. The van der Waals surface area contributed by atoms with Gasteiger partial charge in [0.05, 0.1) is 18.8 Å². The summed E-state index contributed by atoms with van der Waals surface area (Å²) in [6.07, 6.45) is 6.32. The van der Waals surface area contributed by atoms with E-state index in [2.05, 4.69) is 15.7 Å². The molecule has 0 unspecified atom stereocenters. The molecular weight excluding hydrogens is 386 g/mol. The molecule has 2 fully saturated rings. The highest BCUT2D eigenvalue weighted by Crippen LogP contribution is 2.41. The number of nitrogens with one attached hydrogen (secondary N) is 2. The predicted molar refractivity (Wildman–Crippen MR) is 107 cm³/mol. The van der Waals surface area contributed by atoms with Crippen molar-refractivity contribution in [2.45, 2.75) is 43.7 Å². The van der Waals surface area contributed by atoms with E-state index in [0.717, 1.165) is 30.6 Å². The molecule has 1 saturated heterocycles. The molecule has 2 aliphatic heterocycles. The van der Waals surface area contributed by atoms with Gasteiger partial charge >= 0.3 is 6.03 Å². The highest BCUT2D eigenvalue weighted by atomic mass is 16.5. The zero-order chi connectivity index (χ0) is 20.7. The van der Waals surface area contributed by atoms with E-state index in [1.54, 1.807) is 30.5 Å². The summed E-state index contributed by atoms with van der Waals surface area (Å²) in [7, 11) is 0. The first-order valence-corrected chi connectivity index (χ1v) is 10.3. The van der Waals surface area contributed by atoms with E-state index >= 15 is 0 Å². The number of anilines is 1. The van der Waals surface area contributed by atoms with Gasteiger partial charge in [0.1, 0.15) is 18.1 Å². The van der Waals surface area contributed by atoms with E-state index in [0.29, 0.717) is 30.2 Å². The molecule has 2 N–H and O–H groups in total. The Hall–Kier alpha value is -3.36. The van der Waals surface area contributed by atoms with Crippen LogP contribution in [-0.4, -0.2) is 45.7 Å². The van der Waals surface area contributed by atoms with Crippen LogP contribution in [0.1, 0.15) is 43.7 Å². The Labute approximate surface area is 173 Å². The van der Waals surface area contributed by atoms with Gasteiger partial charge in [-0.25, -0.2) is 9.48 Å². The van der Waals surface area contributed by atoms with Crippen LogP contribution in [0.2, 0.25) is 0 Å². The number of hydrogen-bond donors (Lipinski definition) is 2. The lowest BCUT2D eigenvalue weighted by molar-refractivity contribution is -0.135. The largest absolute Gasteiger partial charge is 0.493 e. The number of para-hydroxylation sites is 1. The number of benzene rings is 1. The first kappa shape index (κ1) is 18.7. The Morgan fingerprint density at radius 1 is 1.23 bits per heavy atom. The zero-order valence-electron chi connectivity index (χ0n) is 16.5. The van der Waals surface area contributed by atoms with Gasteiger partial charge in [0, 0.05) is 18.1 Å². The smallest absolute Gasteiger partial charge is 0.325 e. The number of carbonyl (C=O) groups excluding carboxylic acids is 3. The maximum absolute atomic E-state index is 13.3. The van der Waals surface area contributed by atoms with Crippen LogP contribution >= 0.6 is 0 Å². The minimum atomic E-state index is -1.18. The van der Waals surface area contributed by atoms with Crippen molar-refractivity contribution in [3.8, 4) is 5.75 Å². The second-order valence-electron chi connectivity index (χ2n) is 7.97. The molecule has 2 aromatic rings. The van der Waals surface area contributed by atoms with Crippen LogP contribution in [0.25, 0.3) is 0 Å². The summed E-state index contributed by atoms with van der Waals surface area (Å²) in [5, 5.41) is 9.95. The number of imide groups is 1. The van der Waals surface area contributed by atoms with E-state index < -0.39 is 23.4 Å². The van der Waals surface area contributed by atoms with Crippen LogP contribution in [0, 0.1) is 0 Å². The van der Waals surface area contributed by atoms with E-state index in [9.17, 15) is 14.4 Å². The Morgan fingerprint density at radius 3 is 2.87 bits per heavy atom. The highest BCUT2D eigenvalue weighted by molar-refractivity contribution is 6.10. The average Bonchev–Trinajstić information content (AvgIpc) is 3.47. The van der Waals surface area contributed by atoms with Crippen molar-refractivity contribution < 1.29 is 19.1 Å². The van der Waals surface area contributed by atoms with Crippen LogP contribution < -0.4 is 15.4 Å². The summed E-state index contributed by atoms with van der Waals surface area (Å²) in [6.45, 7) is -0.0467. The summed E-state index contributed by atoms with van der Waals surface area (Å²) in [5.74, 6) is 0.299. The number of rotatable bonds is 4. The number of ether oxygens (including phenoxy) is 1. The molecule has 9 heteroatoms. The van der Waals surface area contributed by atoms with Crippen molar-refractivity contribution in [3.05, 3.63) is 42.1 Å². The third-order valence-corrected chi connectivity index (χ3v) is 6.17. The van der Waals surface area contributed by atoms with Crippen LogP contribution in [0.4, 0.5) is 10.6 Å². The van der Waals surface area contributed by atoms with E-state index in [1.165, 1.54) is 0 Å². The van der Waals surface area contributed by atoms with Gasteiger partial charge in [0.2, 0.25) is 5.91 Å². The molecule has 1 aromatic heterocycles. The summed E-state index contributed by atoms with van der Waals surface area (Å²) in [6, 6.07) is 8.60. The maximum Gasteiger partial charge on any atom is 0.325 e. The lowest BCUT2D eigenvalue weighted by Gasteiger charge is -2.33. The third-order valence-electron chi connectivity index (χ3n) is 6.17. The Balaban J connectivity index is 1.33. The number of aromatic nitrogens is 2. The molecule has 5 rings (SSSR count). The van der Waals surface area contributed by atoms with Gasteiger partial charge in [-0.1, -0.05) is 31.0 Å². The monoisotopic (exact) mass is 409 g/mol. The SMILES string of the molecule is O=C(CN1C(=O)N[C@@]2(CCOc3ccccc32)C1=O)Nc1ccnn1C1CCCC1. The summed E-state index contributed by atoms with van der Waals surface area (Å²) >= 11 is 0. The topological polar surface area (TPSA) is 106 Å².